The molecule has 0 amide bonds. The summed E-state index contributed by atoms with van der Waals surface area (Å²) in [4.78, 5) is 2.45. The molecule has 17 heavy (non-hydrogen) atoms. The van der Waals surface area contributed by atoms with Gasteiger partial charge < -0.3 is 5.32 Å². The molecular formula is C14H21FN2. The van der Waals surface area contributed by atoms with Gasteiger partial charge >= 0.3 is 0 Å². The number of benzene rings is 1. The highest BCUT2D eigenvalue weighted by Gasteiger charge is 2.23. The van der Waals surface area contributed by atoms with Crippen molar-refractivity contribution in [2.24, 2.45) is 0 Å². The van der Waals surface area contributed by atoms with Crippen molar-refractivity contribution in [1.82, 2.24) is 4.90 Å². The van der Waals surface area contributed by atoms with Gasteiger partial charge in [0, 0.05) is 30.9 Å². The van der Waals surface area contributed by atoms with E-state index in [1.54, 1.807) is 12.1 Å². The van der Waals surface area contributed by atoms with E-state index in [1.165, 1.54) is 0 Å². The third-order valence-corrected chi connectivity index (χ3v) is 3.36. The second-order valence-electron chi connectivity index (χ2n) is 5.24. The van der Waals surface area contributed by atoms with Crippen LogP contribution >= 0.6 is 0 Å². The molecule has 0 radical (unpaired) electrons. The summed E-state index contributed by atoms with van der Waals surface area (Å²) in [5, 5.41) is 3.43. The average Bonchev–Trinajstić information content (AvgIpc) is 2.64. The zero-order valence-electron chi connectivity index (χ0n) is 10.8. The van der Waals surface area contributed by atoms with Crippen molar-refractivity contribution < 1.29 is 4.39 Å². The van der Waals surface area contributed by atoms with Crippen molar-refractivity contribution in [2.45, 2.75) is 39.3 Å². The Labute approximate surface area is 103 Å². The largest absolute Gasteiger partial charge is 0.381 e. The van der Waals surface area contributed by atoms with Crippen molar-refractivity contribution in [3.63, 3.8) is 0 Å². The van der Waals surface area contributed by atoms with Gasteiger partial charge in [-0.25, -0.2) is 4.39 Å². The minimum absolute atomic E-state index is 0.161. The van der Waals surface area contributed by atoms with Crippen molar-refractivity contribution >= 4 is 5.69 Å². The number of aryl methyl sites for hydroxylation is 1. The number of hydrogen-bond donors (Lipinski definition) is 1. The maximum absolute atomic E-state index is 13.3. The van der Waals surface area contributed by atoms with E-state index in [0.29, 0.717) is 12.1 Å². The van der Waals surface area contributed by atoms with E-state index in [2.05, 4.69) is 24.1 Å². The summed E-state index contributed by atoms with van der Waals surface area (Å²) in [7, 11) is 0. The average molecular weight is 236 g/mol. The minimum Gasteiger partial charge on any atom is -0.381 e. The van der Waals surface area contributed by atoms with Crippen LogP contribution in [0.2, 0.25) is 0 Å². The van der Waals surface area contributed by atoms with Crippen molar-refractivity contribution in [3.8, 4) is 0 Å². The monoisotopic (exact) mass is 236 g/mol. The maximum atomic E-state index is 13.3. The lowest BCUT2D eigenvalue weighted by Crippen LogP contribution is -2.31. The molecule has 94 valence electrons. The van der Waals surface area contributed by atoms with Crippen molar-refractivity contribution in [1.29, 1.82) is 0 Å². The predicted molar refractivity (Wildman–Crippen MR) is 69.9 cm³/mol. The summed E-state index contributed by atoms with van der Waals surface area (Å²) in [5.41, 5.74) is 1.87. The lowest BCUT2D eigenvalue weighted by molar-refractivity contribution is 0.274. The molecule has 0 bridgehead atoms. The summed E-state index contributed by atoms with van der Waals surface area (Å²) >= 11 is 0. The van der Waals surface area contributed by atoms with Gasteiger partial charge in [-0.05, 0) is 51.0 Å². The van der Waals surface area contributed by atoms with Gasteiger partial charge in [-0.1, -0.05) is 0 Å². The first kappa shape index (κ1) is 12.4. The molecule has 1 heterocycles. The van der Waals surface area contributed by atoms with E-state index in [1.807, 2.05) is 13.0 Å². The number of halogens is 1. The summed E-state index contributed by atoms with van der Waals surface area (Å²) in [6.07, 6.45) is 1.13. The first-order valence-electron chi connectivity index (χ1n) is 6.32. The molecule has 1 fully saturated rings. The molecule has 1 N–H and O–H groups in total. The zero-order chi connectivity index (χ0) is 12.4. The zero-order valence-corrected chi connectivity index (χ0v) is 10.8. The van der Waals surface area contributed by atoms with E-state index < -0.39 is 0 Å². The molecule has 0 spiro atoms. The molecule has 2 nitrogen and oxygen atoms in total. The Bertz CT molecular complexity index is 370. The second-order valence-corrected chi connectivity index (χ2v) is 5.24. The molecule has 0 aromatic heterocycles. The fraction of sp³-hybridized carbons (Fsp3) is 0.571. The molecule has 3 heteroatoms. The number of likely N-dealkylation sites (tertiary alicyclic amines) is 1. The number of rotatable bonds is 3. The van der Waals surface area contributed by atoms with E-state index in [-0.39, 0.29) is 5.82 Å². The summed E-state index contributed by atoms with van der Waals surface area (Å²) in [5.74, 6) is -0.161. The van der Waals surface area contributed by atoms with Crippen LogP contribution in [0.3, 0.4) is 0 Å². The highest BCUT2D eigenvalue weighted by Crippen LogP contribution is 2.19. The third-order valence-electron chi connectivity index (χ3n) is 3.36. The summed E-state index contributed by atoms with van der Waals surface area (Å²) in [6.45, 7) is 8.53. The van der Waals surface area contributed by atoms with Gasteiger partial charge in [0.2, 0.25) is 0 Å². The Morgan fingerprint density at radius 3 is 2.71 bits per heavy atom. The molecular weight excluding hydrogens is 215 g/mol. The fourth-order valence-corrected chi connectivity index (χ4v) is 2.43. The predicted octanol–water partition coefficient (Wildman–Crippen LogP) is 3.03. The minimum atomic E-state index is -0.161. The normalized spacial score (nSPS) is 21.1. The van der Waals surface area contributed by atoms with E-state index in [0.717, 1.165) is 30.8 Å². The number of anilines is 1. The lowest BCUT2D eigenvalue weighted by Gasteiger charge is -2.21. The molecule has 1 aromatic carbocycles. The lowest BCUT2D eigenvalue weighted by atomic mass is 10.2. The van der Waals surface area contributed by atoms with Gasteiger partial charge in [0.1, 0.15) is 5.82 Å². The van der Waals surface area contributed by atoms with E-state index >= 15 is 0 Å². The van der Waals surface area contributed by atoms with Gasteiger partial charge in [0.05, 0.1) is 0 Å². The number of nitrogens with one attached hydrogen (secondary N) is 1. The van der Waals surface area contributed by atoms with Crippen LogP contribution in [0.15, 0.2) is 18.2 Å². The number of hydrogen-bond acceptors (Lipinski definition) is 2. The Balaban J connectivity index is 1.98. The van der Waals surface area contributed by atoms with Crippen LogP contribution in [-0.2, 0) is 0 Å². The Kier molecular flexibility index (Phi) is 3.67. The Morgan fingerprint density at radius 2 is 2.12 bits per heavy atom. The van der Waals surface area contributed by atoms with Crippen LogP contribution in [-0.4, -0.2) is 30.1 Å². The van der Waals surface area contributed by atoms with Gasteiger partial charge in [-0.15, -0.1) is 0 Å². The van der Waals surface area contributed by atoms with Crippen molar-refractivity contribution in [2.75, 3.05) is 18.4 Å². The molecule has 1 aliphatic rings. The molecule has 2 rings (SSSR count). The van der Waals surface area contributed by atoms with Crippen LogP contribution in [0.25, 0.3) is 0 Å². The topological polar surface area (TPSA) is 15.3 Å². The smallest absolute Gasteiger partial charge is 0.125 e. The quantitative estimate of drug-likeness (QED) is 0.867. The molecule has 0 aliphatic carbocycles. The Hall–Kier alpha value is -1.09. The van der Waals surface area contributed by atoms with Gasteiger partial charge in [0.15, 0.2) is 0 Å². The summed E-state index contributed by atoms with van der Waals surface area (Å²) in [6, 6.07) is 6.17. The molecule has 1 saturated heterocycles. The van der Waals surface area contributed by atoms with Crippen molar-refractivity contribution in [3.05, 3.63) is 29.6 Å². The fourth-order valence-electron chi connectivity index (χ4n) is 2.43. The van der Waals surface area contributed by atoms with E-state index in [9.17, 15) is 4.39 Å². The second kappa shape index (κ2) is 5.05. The Morgan fingerprint density at radius 1 is 1.35 bits per heavy atom. The van der Waals surface area contributed by atoms with Crippen LogP contribution in [0.1, 0.15) is 25.8 Å². The van der Waals surface area contributed by atoms with Crippen LogP contribution in [0.5, 0.6) is 0 Å². The van der Waals surface area contributed by atoms with Gasteiger partial charge in [-0.2, -0.15) is 0 Å². The molecule has 1 aromatic rings. The standard InChI is InChI=1S/C14H21FN2/c1-10(2)17-5-4-13(9-17)16-14-7-11(3)6-12(15)8-14/h6-8,10,13,16H,4-5,9H2,1-3H3. The molecule has 1 atom stereocenters. The first-order valence-corrected chi connectivity index (χ1v) is 6.32. The highest BCUT2D eigenvalue weighted by atomic mass is 19.1. The van der Waals surface area contributed by atoms with Gasteiger partial charge in [-0.3, -0.25) is 4.90 Å². The van der Waals surface area contributed by atoms with Crippen LogP contribution in [0.4, 0.5) is 10.1 Å². The molecule has 1 unspecified atom stereocenters. The third kappa shape index (κ3) is 3.19. The summed E-state index contributed by atoms with van der Waals surface area (Å²) < 4.78 is 13.3. The molecule has 0 saturated carbocycles. The van der Waals surface area contributed by atoms with Crippen LogP contribution in [0, 0.1) is 12.7 Å². The van der Waals surface area contributed by atoms with Crippen LogP contribution < -0.4 is 5.32 Å². The first-order chi connectivity index (χ1) is 8.04. The molecule has 1 aliphatic heterocycles. The maximum Gasteiger partial charge on any atom is 0.125 e. The SMILES string of the molecule is Cc1cc(F)cc(NC2CCN(C(C)C)C2)c1. The van der Waals surface area contributed by atoms with Gasteiger partial charge in [0.25, 0.3) is 0 Å². The highest BCUT2D eigenvalue weighted by molar-refractivity contribution is 5.47. The van der Waals surface area contributed by atoms with E-state index in [4.69, 9.17) is 0 Å². The number of nitrogens with zero attached hydrogens (tertiary/aromatic N) is 1.